The van der Waals surface area contributed by atoms with Crippen molar-refractivity contribution in [3.63, 3.8) is 0 Å². The number of aryl methyl sites for hydroxylation is 2. The Balaban J connectivity index is 1.54. The Morgan fingerprint density at radius 3 is 2.76 bits per heavy atom. The summed E-state index contributed by atoms with van der Waals surface area (Å²) in [7, 11) is 0. The molecule has 7 nitrogen and oxygen atoms in total. The van der Waals surface area contributed by atoms with E-state index in [0.29, 0.717) is 18.8 Å². The van der Waals surface area contributed by atoms with Crippen LogP contribution in [0.3, 0.4) is 0 Å². The van der Waals surface area contributed by atoms with Gasteiger partial charge in [-0.2, -0.15) is 0 Å². The van der Waals surface area contributed by atoms with Gasteiger partial charge in [-0.1, -0.05) is 11.6 Å². The van der Waals surface area contributed by atoms with E-state index in [1.807, 2.05) is 22.6 Å². The molecule has 2 aliphatic heterocycles. The van der Waals surface area contributed by atoms with Crippen LogP contribution < -0.4 is 0 Å². The molecule has 0 spiro atoms. The summed E-state index contributed by atoms with van der Waals surface area (Å²) in [4.78, 5) is 17.2. The highest BCUT2D eigenvalue weighted by Crippen LogP contribution is 2.21. The predicted octanol–water partition coefficient (Wildman–Crippen LogP) is 2.21. The van der Waals surface area contributed by atoms with Gasteiger partial charge in [-0.05, 0) is 45.3 Å². The Morgan fingerprint density at radius 2 is 2.00 bits per heavy atom. The third kappa shape index (κ3) is 3.33. The van der Waals surface area contributed by atoms with E-state index in [2.05, 4.69) is 15.2 Å². The van der Waals surface area contributed by atoms with E-state index in [1.165, 1.54) is 19.3 Å². The van der Waals surface area contributed by atoms with E-state index in [-0.39, 0.29) is 5.91 Å². The molecule has 2 aromatic heterocycles. The van der Waals surface area contributed by atoms with Crippen LogP contribution in [-0.4, -0.2) is 50.3 Å². The molecule has 4 rings (SSSR count). The molecule has 1 fully saturated rings. The minimum Gasteiger partial charge on any atom is -0.459 e. The maximum absolute atomic E-state index is 12.8. The van der Waals surface area contributed by atoms with Crippen LogP contribution in [0.2, 0.25) is 0 Å². The first-order valence-corrected chi connectivity index (χ1v) is 9.19. The summed E-state index contributed by atoms with van der Waals surface area (Å²) in [6.45, 7) is 7.06. The number of amides is 1. The number of hydrogen-bond donors (Lipinski definition) is 0. The number of carbonyl (C=O) groups excluding carboxylic acids is 1. The Hall–Kier alpha value is -2.15. The van der Waals surface area contributed by atoms with Gasteiger partial charge in [-0.25, -0.2) is 4.68 Å². The van der Waals surface area contributed by atoms with Gasteiger partial charge in [0.1, 0.15) is 5.69 Å². The van der Waals surface area contributed by atoms with Crippen LogP contribution in [-0.2, 0) is 19.6 Å². The van der Waals surface area contributed by atoms with E-state index in [0.717, 1.165) is 49.6 Å². The summed E-state index contributed by atoms with van der Waals surface area (Å²) in [5.74, 6) is 0.402. The van der Waals surface area contributed by atoms with Gasteiger partial charge in [0.25, 0.3) is 5.91 Å². The first-order valence-electron chi connectivity index (χ1n) is 9.19. The summed E-state index contributed by atoms with van der Waals surface area (Å²) < 4.78 is 7.38. The minimum absolute atomic E-state index is 0.0407. The number of carbonyl (C=O) groups is 1. The maximum Gasteiger partial charge on any atom is 0.290 e. The molecule has 0 bridgehead atoms. The number of fused-ring (bicyclic) bond motifs is 1. The molecular weight excluding hydrogens is 318 g/mol. The first kappa shape index (κ1) is 16.3. The van der Waals surface area contributed by atoms with E-state index >= 15 is 0 Å². The molecule has 25 heavy (non-hydrogen) atoms. The van der Waals surface area contributed by atoms with Gasteiger partial charge < -0.3 is 9.32 Å². The van der Waals surface area contributed by atoms with Crippen molar-refractivity contribution >= 4 is 5.91 Å². The third-order valence-electron chi connectivity index (χ3n) is 5.22. The number of likely N-dealkylation sites (tertiary alicyclic amines) is 1. The predicted molar refractivity (Wildman–Crippen MR) is 92.0 cm³/mol. The van der Waals surface area contributed by atoms with Gasteiger partial charge in [0.2, 0.25) is 0 Å². The molecule has 0 N–H and O–H groups in total. The van der Waals surface area contributed by atoms with Crippen molar-refractivity contribution < 1.29 is 9.21 Å². The quantitative estimate of drug-likeness (QED) is 0.855. The first-order chi connectivity index (χ1) is 12.2. The molecule has 0 aliphatic carbocycles. The van der Waals surface area contributed by atoms with E-state index in [4.69, 9.17) is 4.42 Å². The van der Waals surface area contributed by atoms with Crippen LogP contribution in [0.25, 0.3) is 0 Å². The van der Waals surface area contributed by atoms with Crippen LogP contribution >= 0.6 is 0 Å². The van der Waals surface area contributed by atoms with Crippen molar-refractivity contribution in [1.82, 2.24) is 24.8 Å². The molecule has 0 aromatic carbocycles. The molecule has 1 amide bonds. The summed E-state index contributed by atoms with van der Waals surface area (Å²) in [6.07, 6.45) is 6.29. The zero-order chi connectivity index (χ0) is 17.2. The highest BCUT2D eigenvalue weighted by molar-refractivity contribution is 5.92. The van der Waals surface area contributed by atoms with Crippen LogP contribution in [0, 0.1) is 6.92 Å². The summed E-state index contributed by atoms with van der Waals surface area (Å²) in [5, 5.41) is 8.75. The molecule has 0 radical (unpaired) electrons. The van der Waals surface area contributed by atoms with Crippen LogP contribution in [0.5, 0.6) is 0 Å². The lowest BCUT2D eigenvalue weighted by molar-refractivity contribution is 0.0711. The largest absolute Gasteiger partial charge is 0.459 e. The van der Waals surface area contributed by atoms with Crippen molar-refractivity contribution in [2.24, 2.45) is 0 Å². The van der Waals surface area contributed by atoms with Crippen LogP contribution in [0.1, 0.15) is 53.2 Å². The minimum atomic E-state index is -0.0407. The molecule has 2 aliphatic rings. The lowest BCUT2D eigenvalue weighted by Gasteiger charge is -2.26. The maximum atomic E-state index is 12.8. The molecular formula is C18H25N5O2. The molecule has 7 heteroatoms. The van der Waals surface area contributed by atoms with Crippen molar-refractivity contribution in [3.05, 3.63) is 35.0 Å². The zero-order valence-corrected chi connectivity index (χ0v) is 14.8. The summed E-state index contributed by atoms with van der Waals surface area (Å²) in [5.41, 5.74) is 2.97. The molecule has 0 unspecified atom stereocenters. The number of piperidine rings is 1. The fraction of sp³-hybridized carbons (Fsp3) is 0.611. The van der Waals surface area contributed by atoms with Gasteiger partial charge in [0.15, 0.2) is 5.76 Å². The fourth-order valence-electron chi connectivity index (χ4n) is 3.75. The molecule has 0 atom stereocenters. The van der Waals surface area contributed by atoms with E-state index in [9.17, 15) is 4.79 Å². The second-order valence-electron chi connectivity index (χ2n) is 7.06. The smallest absolute Gasteiger partial charge is 0.290 e. The average Bonchev–Trinajstić information content (AvgIpc) is 3.14. The second-order valence-corrected chi connectivity index (χ2v) is 7.06. The fourth-order valence-corrected chi connectivity index (χ4v) is 3.75. The monoisotopic (exact) mass is 343 g/mol. The standard InChI is InChI=1S/C18H25N5O2/c1-14-6-11-25-17(14)18(24)22-9-5-10-23-16(13-22)15(19-20-23)12-21-7-3-2-4-8-21/h6,11H,2-5,7-10,12-13H2,1H3. The topological polar surface area (TPSA) is 67.4 Å². The van der Waals surface area contributed by atoms with Gasteiger partial charge in [0.05, 0.1) is 18.5 Å². The molecule has 0 saturated carbocycles. The lowest BCUT2D eigenvalue weighted by atomic mass is 10.1. The van der Waals surface area contributed by atoms with E-state index in [1.54, 1.807) is 6.26 Å². The highest BCUT2D eigenvalue weighted by atomic mass is 16.3. The van der Waals surface area contributed by atoms with Gasteiger partial charge in [-0.15, -0.1) is 5.10 Å². The third-order valence-corrected chi connectivity index (χ3v) is 5.22. The number of nitrogens with zero attached hydrogens (tertiary/aromatic N) is 5. The summed E-state index contributed by atoms with van der Waals surface area (Å²) in [6, 6.07) is 1.83. The van der Waals surface area contributed by atoms with Gasteiger partial charge in [0, 0.05) is 25.2 Å². The Kier molecular flexibility index (Phi) is 4.57. The number of aromatic nitrogens is 3. The Bertz CT molecular complexity index is 744. The average molecular weight is 343 g/mol. The number of hydrogen-bond acceptors (Lipinski definition) is 5. The zero-order valence-electron chi connectivity index (χ0n) is 14.8. The van der Waals surface area contributed by atoms with E-state index < -0.39 is 0 Å². The van der Waals surface area contributed by atoms with Crippen molar-refractivity contribution in [2.45, 2.75) is 52.2 Å². The highest BCUT2D eigenvalue weighted by Gasteiger charge is 2.27. The normalized spacial score (nSPS) is 18.8. The number of furan rings is 1. The van der Waals surface area contributed by atoms with Gasteiger partial charge in [-0.3, -0.25) is 9.69 Å². The van der Waals surface area contributed by atoms with Crippen molar-refractivity contribution in [1.29, 1.82) is 0 Å². The number of rotatable bonds is 3. The lowest BCUT2D eigenvalue weighted by Crippen LogP contribution is -2.32. The van der Waals surface area contributed by atoms with Crippen LogP contribution in [0.4, 0.5) is 0 Å². The van der Waals surface area contributed by atoms with Crippen molar-refractivity contribution in [3.8, 4) is 0 Å². The molecule has 2 aromatic rings. The summed E-state index contributed by atoms with van der Waals surface area (Å²) >= 11 is 0. The SMILES string of the molecule is Cc1ccoc1C(=O)N1CCCn2nnc(CN3CCCCC3)c2C1. The van der Waals surface area contributed by atoms with Crippen LogP contribution in [0.15, 0.2) is 16.7 Å². The second kappa shape index (κ2) is 7.00. The molecule has 1 saturated heterocycles. The molecule has 134 valence electrons. The van der Waals surface area contributed by atoms with Gasteiger partial charge >= 0.3 is 0 Å². The Labute approximate surface area is 147 Å². The Morgan fingerprint density at radius 1 is 1.16 bits per heavy atom. The molecule has 4 heterocycles. The van der Waals surface area contributed by atoms with Crippen molar-refractivity contribution in [2.75, 3.05) is 19.6 Å².